The van der Waals surface area contributed by atoms with Crippen molar-refractivity contribution < 1.29 is 22.0 Å². The second-order valence-electron chi connectivity index (χ2n) is 3.50. The first kappa shape index (κ1) is 13.9. The summed E-state index contributed by atoms with van der Waals surface area (Å²) in [5.41, 5.74) is -2.15. The van der Waals surface area contributed by atoms with Gasteiger partial charge >= 0.3 is 6.18 Å². The van der Waals surface area contributed by atoms with Crippen LogP contribution < -0.4 is 0 Å². The van der Waals surface area contributed by atoms with Crippen LogP contribution in [-0.2, 0) is 25.6 Å². The first-order valence-electron chi connectivity index (χ1n) is 5.25. The molecule has 0 bridgehead atoms. The molecule has 1 aliphatic carbocycles. The van der Waals surface area contributed by atoms with Crippen LogP contribution in [0.5, 0.6) is 0 Å². The molecule has 2 nitrogen and oxygen atoms in total. The van der Waals surface area contributed by atoms with E-state index in [9.17, 15) is 22.0 Å². The van der Waals surface area contributed by atoms with E-state index in [0.29, 0.717) is 4.68 Å². The van der Waals surface area contributed by atoms with Crippen LogP contribution in [0.2, 0.25) is 0 Å². The number of aryl methyl sites for hydroxylation is 1. The van der Waals surface area contributed by atoms with E-state index in [4.69, 9.17) is 0 Å². The lowest BCUT2D eigenvalue weighted by Crippen LogP contribution is -2.14. The van der Waals surface area contributed by atoms with Gasteiger partial charge in [0.15, 0.2) is 5.69 Å². The van der Waals surface area contributed by atoms with Crippen LogP contribution in [-0.4, -0.2) is 9.78 Å². The van der Waals surface area contributed by atoms with Crippen LogP contribution in [0.25, 0.3) is 0 Å². The number of aromatic nitrogens is 2. The zero-order valence-electron chi connectivity index (χ0n) is 9.70. The Morgan fingerprint density at radius 3 is 2.24 bits per heavy atom. The average molecular weight is 256 g/mol. The van der Waals surface area contributed by atoms with Gasteiger partial charge in [0, 0.05) is 19.0 Å². The third kappa shape index (κ3) is 2.28. The number of hydrogen-bond acceptors (Lipinski definition) is 1. The second kappa shape index (κ2) is 4.27. The number of alkyl halides is 5. The van der Waals surface area contributed by atoms with Crippen LogP contribution in [0.15, 0.2) is 0 Å². The van der Waals surface area contributed by atoms with Crippen molar-refractivity contribution in [3.63, 3.8) is 0 Å². The number of fused-ring (bicyclic) bond motifs is 1. The van der Waals surface area contributed by atoms with Crippen LogP contribution >= 0.6 is 0 Å². The molecular weight excluding hydrogens is 243 g/mol. The van der Waals surface area contributed by atoms with Crippen molar-refractivity contribution in [1.82, 2.24) is 9.78 Å². The van der Waals surface area contributed by atoms with Crippen LogP contribution in [0.3, 0.4) is 0 Å². The molecule has 0 aromatic carbocycles. The molecule has 1 aromatic heterocycles. The Kier molecular flexibility index (Phi) is 3.50. The molecule has 98 valence electrons. The molecule has 0 atom stereocenters. The van der Waals surface area contributed by atoms with Crippen molar-refractivity contribution in [2.45, 2.75) is 38.8 Å². The molecule has 0 N–H and O–H groups in total. The van der Waals surface area contributed by atoms with Crippen molar-refractivity contribution in [3.05, 3.63) is 17.0 Å². The molecule has 0 unspecified atom stereocenters. The van der Waals surface area contributed by atoms with Crippen LogP contribution in [0.4, 0.5) is 22.0 Å². The molecule has 0 saturated carbocycles. The Labute approximate surface area is 95.4 Å². The topological polar surface area (TPSA) is 17.8 Å². The number of halogens is 5. The van der Waals surface area contributed by atoms with Crippen molar-refractivity contribution in [2.24, 2.45) is 7.05 Å². The summed E-state index contributed by atoms with van der Waals surface area (Å²) in [6.45, 7) is 4.00. The van der Waals surface area contributed by atoms with Crippen LogP contribution in [0.1, 0.15) is 37.2 Å². The number of rotatable bonds is 0. The van der Waals surface area contributed by atoms with Crippen molar-refractivity contribution in [1.29, 1.82) is 0 Å². The fourth-order valence-corrected chi connectivity index (χ4v) is 1.89. The van der Waals surface area contributed by atoms with Gasteiger partial charge in [-0.3, -0.25) is 4.68 Å². The Morgan fingerprint density at radius 1 is 1.24 bits per heavy atom. The molecule has 0 saturated heterocycles. The summed E-state index contributed by atoms with van der Waals surface area (Å²) in [6.07, 6.45) is -5.51. The predicted octanol–water partition coefficient (Wildman–Crippen LogP) is 3.50. The highest BCUT2D eigenvalue weighted by Gasteiger charge is 2.49. The van der Waals surface area contributed by atoms with E-state index < -0.39 is 29.9 Å². The summed E-state index contributed by atoms with van der Waals surface area (Å²) in [6, 6.07) is 0. The van der Waals surface area contributed by atoms with E-state index in [2.05, 4.69) is 5.10 Å². The standard InChI is InChI=1S/C8H7F5N2.C2H6/c1-15-6-4(2-3-7(6,9)10)5(14-15)8(11,12)13;1-2/h2-3H2,1H3;1-2H3. The second-order valence-corrected chi connectivity index (χ2v) is 3.50. The highest BCUT2D eigenvalue weighted by molar-refractivity contribution is 5.35. The van der Waals surface area contributed by atoms with Gasteiger partial charge in [-0.05, 0) is 6.42 Å². The Bertz CT molecular complexity index is 406. The van der Waals surface area contributed by atoms with Crippen molar-refractivity contribution in [3.8, 4) is 0 Å². The zero-order valence-corrected chi connectivity index (χ0v) is 9.70. The SMILES string of the molecule is CC.Cn1nc(C(F)(F)F)c2c1C(F)(F)CC2. The lowest BCUT2D eigenvalue weighted by Gasteiger charge is -2.09. The van der Waals surface area contributed by atoms with Crippen molar-refractivity contribution in [2.75, 3.05) is 0 Å². The van der Waals surface area contributed by atoms with Gasteiger partial charge in [-0.1, -0.05) is 13.8 Å². The maximum Gasteiger partial charge on any atom is 0.435 e. The van der Waals surface area contributed by atoms with Gasteiger partial charge in [-0.2, -0.15) is 27.1 Å². The predicted molar refractivity (Wildman–Crippen MR) is 51.8 cm³/mol. The van der Waals surface area contributed by atoms with E-state index in [0.717, 1.165) is 7.05 Å². The molecule has 0 fully saturated rings. The van der Waals surface area contributed by atoms with Gasteiger partial charge in [0.05, 0.1) is 0 Å². The highest BCUT2D eigenvalue weighted by Crippen LogP contribution is 2.45. The summed E-state index contributed by atoms with van der Waals surface area (Å²) < 4.78 is 64.1. The maximum absolute atomic E-state index is 13.2. The van der Waals surface area contributed by atoms with Gasteiger partial charge in [-0.25, -0.2) is 0 Å². The minimum Gasteiger partial charge on any atom is -0.266 e. The van der Waals surface area contributed by atoms with Gasteiger partial charge in [0.1, 0.15) is 5.69 Å². The van der Waals surface area contributed by atoms with Gasteiger partial charge < -0.3 is 0 Å². The fourth-order valence-electron chi connectivity index (χ4n) is 1.89. The summed E-state index contributed by atoms with van der Waals surface area (Å²) in [4.78, 5) is 0. The fraction of sp³-hybridized carbons (Fsp3) is 0.700. The molecule has 7 heteroatoms. The normalized spacial score (nSPS) is 17.4. The minimum atomic E-state index is -4.66. The Balaban J connectivity index is 0.000000686. The average Bonchev–Trinajstić information content (AvgIpc) is 2.69. The molecule has 0 spiro atoms. The lowest BCUT2D eigenvalue weighted by atomic mass is 10.2. The third-order valence-electron chi connectivity index (χ3n) is 2.45. The minimum absolute atomic E-state index is 0.273. The van der Waals surface area contributed by atoms with Crippen molar-refractivity contribution >= 4 is 0 Å². The van der Waals surface area contributed by atoms with Crippen LogP contribution in [0, 0.1) is 0 Å². The van der Waals surface area contributed by atoms with E-state index in [-0.39, 0.29) is 12.0 Å². The van der Waals surface area contributed by atoms with Gasteiger partial charge in [-0.15, -0.1) is 0 Å². The monoisotopic (exact) mass is 256 g/mol. The number of nitrogens with zero attached hydrogens (tertiary/aromatic N) is 2. The lowest BCUT2D eigenvalue weighted by molar-refractivity contribution is -0.142. The van der Waals surface area contributed by atoms with E-state index >= 15 is 0 Å². The summed E-state index contributed by atoms with van der Waals surface area (Å²) in [7, 11) is 1.10. The molecule has 0 amide bonds. The van der Waals surface area contributed by atoms with E-state index in [1.807, 2.05) is 13.8 Å². The largest absolute Gasteiger partial charge is 0.435 e. The van der Waals surface area contributed by atoms with E-state index in [1.54, 1.807) is 0 Å². The van der Waals surface area contributed by atoms with E-state index in [1.165, 1.54) is 0 Å². The molecule has 1 aromatic rings. The summed E-state index contributed by atoms with van der Waals surface area (Å²) >= 11 is 0. The molecule has 2 rings (SSSR count). The molecular formula is C10H13F5N2. The molecule has 1 heterocycles. The maximum atomic E-state index is 13.2. The van der Waals surface area contributed by atoms with Gasteiger partial charge in [0.25, 0.3) is 5.92 Å². The number of hydrogen-bond donors (Lipinski definition) is 0. The quantitative estimate of drug-likeness (QED) is 0.649. The molecule has 17 heavy (non-hydrogen) atoms. The third-order valence-corrected chi connectivity index (χ3v) is 2.45. The zero-order chi connectivity index (χ0) is 13.4. The summed E-state index contributed by atoms with van der Waals surface area (Å²) in [5, 5.41) is 3.11. The highest BCUT2D eigenvalue weighted by atomic mass is 19.4. The summed E-state index contributed by atoms with van der Waals surface area (Å²) in [5.74, 6) is -3.19. The van der Waals surface area contributed by atoms with Gasteiger partial charge in [0.2, 0.25) is 0 Å². The first-order valence-corrected chi connectivity index (χ1v) is 5.25. The Hall–Kier alpha value is -1.14. The molecule has 0 radical (unpaired) electrons. The Morgan fingerprint density at radius 2 is 1.76 bits per heavy atom. The molecule has 0 aliphatic heterocycles. The smallest absolute Gasteiger partial charge is 0.266 e. The molecule has 1 aliphatic rings. The first-order chi connectivity index (χ1) is 7.73.